The quantitative estimate of drug-likeness (QED) is 0.215. The molecule has 0 N–H and O–H groups in total. The molecular weight excluding hydrogens is 496 g/mol. The summed E-state index contributed by atoms with van der Waals surface area (Å²) in [6, 6.07) is 31.7. The average Bonchev–Trinajstić information content (AvgIpc) is 3.43. The van der Waals surface area contributed by atoms with Gasteiger partial charge in [-0.3, -0.25) is 4.99 Å². The van der Waals surface area contributed by atoms with Crippen molar-refractivity contribution in [1.82, 2.24) is 4.90 Å². The van der Waals surface area contributed by atoms with E-state index in [0.717, 1.165) is 18.7 Å². The summed E-state index contributed by atoms with van der Waals surface area (Å²) < 4.78 is 0. The number of allylic oxidation sites excluding steroid dienone is 4. The first-order chi connectivity index (χ1) is 20.3. The number of nitrogens with zero attached hydrogens (tertiary/aromatic N) is 2. The van der Waals surface area contributed by atoms with Crippen molar-refractivity contribution in [3.63, 3.8) is 0 Å². The molecule has 0 spiro atoms. The zero-order valence-electron chi connectivity index (χ0n) is 22.7. The lowest BCUT2D eigenvalue weighted by atomic mass is 9.80. The van der Waals surface area contributed by atoms with Crippen molar-refractivity contribution in [1.29, 1.82) is 0 Å². The van der Waals surface area contributed by atoms with Gasteiger partial charge in [-0.2, -0.15) is 0 Å². The Hall–Kier alpha value is -4.95. The van der Waals surface area contributed by atoms with E-state index in [-0.39, 0.29) is 12.1 Å². The SMILES string of the molecule is C1=CC2=NC(c3ccccc3)C(c3ccc(-c4cc5c6c(c7c8c(cccc8c6c4)C=CC7)CC=C5)cc3)N2C=C1. The van der Waals surface area contributed by atoms with Gasteiger partial charge in [0, 0.05) is 6.20 Å². The minimum Gasteiger partial charge on any atom is -0.323 e. The van der Waals surface area contributed by atoms with Crippen LogP contribution in [0.25, 0.3) is 44.8 Å². The molecule has 0 fully saturated rings. The van der Waals surface area contributed by atoms with E-state index < -0.39 is 0 Å². The van der Waals surface area contributed by atoms with Crippen LogP contribution in [-0.4, -0.2) is 10.7 Å². The Kier molecular flexibility index (Phi) is 4.89. The smallest absolute Gasteiger partial charge is 0.128 e. The second kappa shape index (κ2) is 8.78. The lowest BCUT2D eigenvalue weighted by Crippen LogP contribution is -2.26. The first-order valence-corrected chi connectivity index (χ1v) is 14.6. The van der Waals surface area contributed by atoms with Crippen molar-refractivity contribution >= 4 is 39.5 Å². The molecule has 0 radical (unpaired) electrons. The molecule has 0 bridgehead atoms. The van der Waals surface area contributed by atoms with Crippen LogP contribution in [0.15, 0.2) is 127 Å². The molecule has 41 heavy (non-hydrogen) atoms. The van der Waals surface area contributed by atoms with E-state index in [9.17, 15) is 0 Å². The highest BCUT2D eigenvalue weighted by atomic mass is 15.3. The monoisotopic (exact) mass is 524 g/mol. The fourth-order valence-corrected chi connectivity index (χ4v) is 7.42. The number of fused-ring (bicyclic) bond motifs is 3. The van der Waals surface area contributed by atoms with Gasteiger partial charge in [0.1, 0.15) is 11.9 Å². The minimum absolute atomic E-state index is 0.0560. The van der Waals surface area contributed by atoms with Gasteiger partial charge in [0.05, 0.1) is 6.04 Å². The third-order valence-corrected chi connectivity index (χ3v) is 9.23. The number of hydrogen-bond acceptors (Lipinski definition) is 2. The maximum absolute atomic E-state index is 5.14. The predicted octanol–water partition coefficient (Wildman–Crippen LogP) is 9.38. The Morgan fingerprint density at radius 3 is 2.22 bits per heavy atom. The Morgan fingerprint density at radius 1 is 0.610 bits per heavy atom. The predicted molar refractivity (Wildman–Crippen MR) is 172 cm³/mol. The van der Waals surface area contributed by atoms with Crippen LogP contribution in [0.4, 0.5) is 0 Å². The molecule has 2 unspecified atom stereocenters. The van der Waals surface area contributed by atoms with Gasteiger partial charge in [-0.15, -0.1) is 0 Å². The summed E-state index contributed by atoms with van der Waals surface area (Å²) in [5, 5.41) is 5.63. The van der Waals surface area contributed by atoms with Crippen molar-refractivity contribution in [3.05, 3.63) is 155 Å². The molecule has 5 aromatic rings. The van der Waals surface area contributed by atoms with Crippen molar-refractivity contribution in [2.75, 3.05) is 0 Å². The first kappa shape index (κ1) is 22.8. The van der Waals surface area contributed by atoms with E-state index >= 15 is 0 Å². The summed E-state index contributed by atoms with van der Waals surface area (Å²) in [6.07, 6.45) is 19.8. The van der Waals surface area contributed by atoms with Crippen molar-refractivity contribution < 1.29 is 0 Å². The molecule has 0 amide bonds. The molecule has 0 saturated carbocycles. The third kappa shape index (κ3) is 3.40. The topological polar surface area (TPSA) is 15.6 Å². The van der Waals surface area contributed by atoms with E-state index in [1.165, 1.54) is 66.1 Å². The molecular formula is C39H28N2. The number of amidine groups is 1. The summed E-state index contributed by atoms with van der Waals surface area (Å²) in [5.74, 6) is 1.03. The van der Waals surface area contributed by atoms with Gasteiger partial charge >= 0.3 is 0 Å². The minimum atomic E-state index is 0.0560. The van der Waals surface area contributed by atoms with Crippen molar-refractivity contribution in [3.8, 4) is 11.1 Å². The molecule has 2 aliphatic heterocycles. The molecule has 0 saturated heterocycles. The first-order valence-electron chi connectivity index (χ1n) is 14.6. The molecule has 2 nitrogen and oxygen atoms in total. The summed E-state index contributed by atoms with van der Waals surface area (Å²) in [6.45, 7) is 0. The van der Waals surface area contributed by atoms with Crippen LogP contribution >= 0.6 is 0 Å². The van der Waals surface area contributed by atoms with E-state index in [4.69, 9.17) is 4.99 Å². The summed E-state index contributed by atoms with van der Waals surface area (Å²) >= 11 is 0. The van der Waals surface area contributed by atoms with Gasteiger partial charge in [-0.05, 0) is 103 Å². The van der Waals surface area contributed by atoms with Gasteiger partial charge in [0.2, 0.25) is 0 Å². The third-order valence-electron chi connectivity index (χ3n) is 9.23. The van der Waals surface area contributed by atoms with Crippen molar-refractivity contribution in [2.45, 2.75) is 24.9 Å². The van der Waals surface area contributed by atoms with E-state index in [1.807, 2.05) is 0 Å². The molecule has 2 aliphatic carbocycles. The second-order valence-corrected chi connectivity index (χ2v) is 11.4. The highest BCUT2D eigenvalue weighted by Crippen LogP contribution is 2.45. The van der Waals surface area contributed by atoms with Crippen LogP contribution in [0.2, 0.25) is 0 Å². The fraction of sp³-hybridized carbons (Fsp3) is 0.103. The Labute approximate surface area is 240 Å². The standard InChI is InChI=1S/C39H28N2/c1-2-9-27(10-3-1)38-39(41-22-5-4-17-35(41)40-38)28-20-18-25(19-21-28)30-23-29-13-8-15-32-31-14-6-11-26-12-7-16-33(36(26)31)34(24-30)37(29)32/h1-13,16-24,38-39H,14-15H2. The molecule has 2 heteroatoms. The summed E-state index contributed by atoms with van der Waals surface area (Å²) in [5.41, 5.74) is 10.8. The molecule has 0 aromatic heterocycles. The van der Waals surface area contributed by atoms with Crippen LogP contribution < -0.4 is 0 Å². The van der Waals surface area contributed by atoms with Gasteiger partial charge in [0.15, 0.2) is 0 Å². The van der Waals surface area contributed by atoms with Crippen LogP contribution in [-0.2, 0) is 12.8 Å². The van der Waals surface area contributed by atoms with Crippen LogP contribution in [0, 0.1) is 0 Å². The lowest BCUT2D eigenvalue weighted by molar-refractivity contribution is 0.396. The second-order valence-electron chi connectivity index (χ2n) is 11.4. The Balaban J connectivity index is 1.17. The highest BCUT2D eigenvalue weighted by Gasteiger charge is 2.36. The van der Waals surface area contributed by atoms with E-state index in [2.05, 4.69) is 139 Å². The summed E-state index contributed by atoms with van der Waals surface area (Å²) in [4.78, 5) is 7.46. The van der Waals surface area contributed by atoms with Gasteiger partial charge in [0.25, 0.3) is 0 Å². The number of benzene rings is 5. The fourth-order valence-electron chi connectivity index (χ4n) is 7.42. The van der Waals surface area contributed by atoms with Crippen LogP contribution in [0.5, 0.6) is 0 Å². The number of aliphatic imine (C=N–C) groups is 1. The maximum atomic E-state index is 5.14. The molecule has 194 valence electrons. The van der Waals surface area contributed by atoms with Gasteiger partial charge in [-0.1, -0.05) is 103 Å². The molecule has 2 atom stereocenters. The zero-order chi connectivity index (χ0) is 26.9. The zero-order valence-corrected chi connectivity index (χ0v) is 22.7. The molecule has 9 rings (SSSR count). The van der Waals surface area contributed by atoms with Gasteiger partial charge in [-0.25, -0.2) is 0 Å². The van der Waals surface area contributed by atoms with Crippen molar-refractivity contribution in [2.24, 2.45) is 4.99 Å². The van der Waals surface area contributed by atoms with Gasteiger partial charge < -0.3 is 4.90 Å². The normalized spacial score (nSPS) is 19.7. The molecule has 2 heterocycles. The summed E-state index contributed by atoms with van der Waals surface area (Å²) in [7, 11) is 0. The lowest BCUT2D eigenvalue weighted by Gasteiger charge is -2.28. The van der Waals surface area contributed by atoms with Crippen LogP contribution in [0.3, 0.4) is 0 Å². The highest BCUT2D eigenvalue weighted by molar-refractivity contribution is 6.17. The van der Waals surface area contributed by atoms with E-state index in [0.29, 0.717) is 0 Å². The Bertz CT molecular complexity index is 2040. The van der Waals surface area contributed by atoms with Crippen LogP contribution in [0.1, 0.15) is 45.5 Å². The largest absolute Gasteiger partial charge is 0.323 e. The maximum Gasteiger partial charge on any atom is 0.128 e. The molecule has 4 aliphatic rings. The Morgan fingerprint density at radius 2 is 1.39 bits per heavy atom. The molecule has 5 aromatic carbocycles. The average molecular weight is 525 g/mol. The number of hydrogen-bond donors (Lipinski definition) is 0. The van der Waals surface area contributed by atoms with E-state index in [1.54, 1.807) is 0 Å². The number of rotatable bonds is 3.